The molecule has 0 bridgehead atoms. The number of nitrogens with zero attached hydrogens (tertiary/aromatic N) is 1. The van der Waals surface area contributed by atoms with Gasteiger partial charge in [0.15, 0.2) is 11.6 Å². The van der Waals surface area contributed by atoms with Gasteiger partial charge in [0.25, 0.3) is 5.82 Å². The summed E-state index contributed by atoms with van der Waals surface area (Å²) in [6.07, 6.45) is 1.64. The molecule has 116 valence electrons. The Labute approximate surface area is 146 Å². The highest BCUT2D eigenvalue weighted by atomic mass is 79.9. The molecule has 0 saturated carbocycles. The quantitative estimate of drug-likeness (QED) is 0.517. The number of anilines is 1. The fraction of sp³-hybridized carbons (Fsp3) is 0. The number of hydrogen-bond donors (Lipinski definition) is 1. The van der Waals surface area contributed by atoms with Crippen LogP contribution in [0, 0.1) is 0 Å². The van der Waals surface area contributed by atoms with E-state index in [4.69, 9.17) is 5.73 Å². The van der Waals surface area contributed by atoms with Gasteiger partial charge in [0, 0.05) is 27.2 Å². The Balaban J connectivity index is 1.93. The number of carbonyl (C=O) groups is 2. The van der Waals surface area contributed by atoms with Gasteiger partial charge in [-0.05, 0) is 24.3 Å². The summed E-state index contributed by atoms with van der Waals surface area (Å²) in [6, 6.07) is 16.0. The normalized spacial score (nSPS) is 12.7. The zero-order chi connectivity index (χ0) is 16.8. The van der Waals surface area contributed by atoms with Crippen LogP contribution in [0.1, 0.15) is 31.8 Å². The number of rotatable bonds is 1. The van der Waals surface area contributed by atoms with Crippen LogP contribution in [0.5, 0.6) is 0 Å². The van der Waals surface area contributed by atoms with Gasteiger partial charge in [0.1, 0.15) is 11.9 Å². The largest absolute Gasteiger partial charge is 0.289 e. The molecule has 0 spiro atoms. The van der Waals surface area contributed by atoms with E-state index >= 15 is 0 Å². The summed E-state index contributed by atoms with van der Waals surface area (Å²) in [5.74, 6) is 0.0671. The lowest BCUT2D eigenvalue weighted by atomic mass is 9.85. The highest BCUT2D eigenvalue weighted by molar-refractivity contribution is 9.10. The maximum absolute atomic E-state index is 12.8. The van der Waals surface area contributed by atoms with E-state index < -0.39 is 0 Å². The third-order valence-electron chi connectivity index (χ3n) is 4.13. The predicted molar refractivity (Wildman–Crippen MR) is 93.4 cm³/mol. The van der Waals surface area contributed by atoms with Gasteiger partial charge in [0.05, 0.1) is 5.56 Å². The molecule has 0 aliphatic heterocycles. The van der Waals surface area contributed by atoms with E-state index in [-0.39, 0.29) is 11.6 Å². The number of hydrogen-bond acceptors (Lipinski definition) is 3. The van der Waals surface area contributed by atoms with Crippen molar-refractivity contribution in [1.29, 1.82) is 0 Å². The first-order valence-corrected chi connectivity index (χ1v) is 8.15. The SMILES string of the molecule is Nc1cc2c(c[n+]1-c1ccc(Br)cc1)C(=O)c1ccccc1C2=O. The van der Waals surface area contributed by atoms with Gasteiger partial charge in [-0.25, -0.2) is 0 Å². The van der Waals surface area contributed by atoms with Crippen LogP contribution in [0.25, 0.3) is 5.69 Å². The number of fused-ring (bicyclic) bond motifs is 2. The van der Waals surface area contributed by atoms with Gasteiger partial charge >= 0.3 is 0 Å². The van der Waals surface area contributed by atoms with Gasteiger partial charge in [-0.3, -0.25) is 15.3 Å². The van der Waals surface area contributed by atoms with Crippen LogP contribution in [0.15, 0.2) is 65.3 Å². The zero-order valence-corrected chi connectivity index (χ0v) is 14.1. The molecule has 0 atom stereocenters. The number of halogens is 1. The van der Waals surface area contributed by atoms with Crippen molar-refractivity contribution in [2.75, 3.05) is 5.73 Å². The number of benzene rings is 2. The Morgan fingerprint density at radius 3 is 2.00 bits per heavy atom. The molecule has 0 amide bonds. The Kier molecular flexibility index (Phi) is 3.32. The van der Waals surface area contributed by atoms with E-state index in [0.29, 0.717) is 28.1 Å². The molecule has 1 aliphatic rings. The molecule has 1 heterocycles. The molecule has 5 heteroatoms. The van der Waals surface area contributed by atoms with Crippen molar-refractivity contribution in [2.45, 2.75) is 0 Å². The van der Waals surface area contributed by atoms with E-state index in [1.54, 1.807) is 41.1 Å². The number of nitrogen functional groups attached to an aromatic ring is 1. The number of pyridine rings is 1. The van der Waals surface area contributed by atoms with Gasteiger partial charge in [-0.2, -0.15) is 4.57 Å². The summed E-state index contributed by atoms with van der Waals surface area (Å²) in [6.45, 7) is 0. The number of ketones is 2. The standard InChI is InChI=1S/C19H11BrN2O2/c20-11-5-7-12(8-6-11)22-10-16-15(9-17(22)21)18(23)13-3-1-2-4-14(13)19(16)24/h1-10,21H/p+1. The third kappa shape index (κ3) is 2.17. The smallest absolute Gasteiger partial charge is 0.278 e. The van der Waals surface area contributed by atoms with Crippen molar-refractivity contribution < 1.29 is 14.2 Å². The van der Waals surface area contributed by atoms with E-state index in [9.17, 15) is 9.59 Å². The summed E-state index contributed by atoms with van der Waals surface area (Å²) < 4.78 is 2.66. The summed E-state index contributed by atoms with van der Waals surface area (Å²) in [5.41, 5.74) is 8.53. The molecule has 4 rings (SSSR count). The number of aromatic nitrogens is 1. The molecule has 24 heavy (non-hydrogen) atoms. The minimum absolute atomic E-state index is 0.161. The molecule has 0 saturated heterocycles. The molecule has 3 aromatic rings. The fourth-order valence-electron chi connectivity index (χ4n) is 2.93. The first-order chi connectivity index (χ1) is 11.6. The topological polar surface area (TPSA) is 64.0 Å². The molecule has 4 nitrogen and oxygen atoms in total. The maximum atomic E-state index is 12.8. The van der Waals surface area contributed by atoms with Crippen LogP contribution in [0.4, 0.5) is 5.82 Å². The Morgan fingerprint density at radius 1 is 0.792 bits per heavy atom. The first-order valence-electron chi connectivity index (χ1n) is 7.36. The second-order valence-corrected chi connectivity index (χ2v) is 6.49. The van der Waals surface area contributed by atoms with Gasteiger partial charge < -0.3 is 0 Å². The lowest BCUT2D eigenvalue weighted by Crippen LogP contribution is -2.37. The summed E-state index contributed by atoms with van der Waals surface area (Å²) in [5, 5.41) is 0. The zero-order valence-electron chi connectivity index (χ0n) is 12.5. The Bertz CT molecular complexity index is 1010. The minimum Gasteiger partial charge on any atom is -0.289 e. The summed E-state index contributed by atoms with van der Waals surface area (Å²) in [7, 11) is 0. The van der Waals surface area contributed by atoms with Crippen LogP contribution in [0.3, 0.4) is 0 Å². The van der Waals surface area contributed by atoms with Crippen LogP contribution in [-0.4, -0.2) is 11.6 Å². The van der Waals surface area contributed by atoms with Crippen molar-refractivity contribution in [3.63, 3.8) is 0 Å². The molecule has 1 aromatic heterocycles. The second-order valence-electron chi connectivity index (χ2n) is 5.58. The van der Waals surface area contributed by atoms with Crippen molar-refractivity contribution in [3.8, 4) is 5.69 Å². The van der Waals surface area contributed by atoms with Gasteiger partial charge in [0.2, 0.25) is 0 Å². The highest BCUT2D eigenvalue weighted by Gasteiger charge is 2.32. The van der Waals surface area contributed by atoms with Gasteiger partial charge in [-0.1, -0.05) is 40.2 Å². The molecule has 1 aliphatic carbocycles. The average molecular weight is 380 g/mol. The predicted octanol–water partition coefficient (Wildman–Crippen LogP) is 3.08. The molecule has 0 unspecified atom stereocenters. The lowest BCUT2D eigenvalue weighted by Gasteiger charge is -2.17. The number of carbonyl (C=O) groups excluding carboxylic acids is 2. The summed E-state index contributed by atoms with van der Waals surface area (Å²) >= 11 is 3.39. The van der Waals surface area contributed by atoms with Crippen LogP contribution in [-0.2, 0) is 0 Å². The van der Waals surface area contributed by atoms with Crippen molar-refractivity contribution in [1.82, 2.24) is 0 Å². The molecular weight excluding hydrogens is 368 g/mol. The lowest BCUT2D eigenvalue weighted by molar-refractivity contribution is -0.580. The maximum Gasteiger partial charge on any atom is 0.278 e. The van der Waals surface area contributed by atoms with E-state index in [0.717, 1.165) is 10.2 Å². The van der Waals surface area contributed by atoms with Crippen LogP contribution < -0.4 is 10.3 Å². The van der Waals surface area contributed by atoms with Crippen molar-refractivity contribution in [3.05, 3.63) is 87.5 Å². The third-order valence-corrected chi connectivity index (χ3v) is 4.66. The minimum atomic E-state index is -0.171. The number of nitrogens with two attached hydrogens (primary N) is 1. The molecule has 2 aromatic carbocycles. The highest BCUT2D eigenvalue weighted by Crippen LogP contribution is 2.27. The summed E-state index contributed by atoms with van der Waals surface area (Å²) in [4.78, 5) is 25.5. The molecule has 2 N–H and O–H groups in total. The van der Waals surface area contributed by atoms with Crippen LogP contribution >= 0.6 is 15.9 Å². The van der Waals surface area contributed by atoms with Gasteiger partial charge in [-0.15, -0.1) is 0 Å². The van der Waals surface area contributed by atoms with E-state index in [1.807, 2.05) is 24.3 Å². The van der Waals surface area contributed by atoms with E-state index in [1.165, 1.54) is 0 Å². The van der Waals surface area contributed by atoms with Crippen molar-refractivity contribution in [2.24, 2.45) is 0 Å². The van der Waals surface area contributed by atoms with E-state index in [2.05, 4.69) is 15.9 Å². The fourth-order valence-corrected chi connectivity index (χ4v) is 3.20. The average Bonchev–Trinajstić information content (AvgIpc) is 2.60. The van der Waals surface area contributed by atoms with Crippen molar-refractivity contribution >= 4 is 33.3 Å². The molecule has 0 fully saturated rings. The first kappa shape index (κ1) is 14.8. The van der Waals surface area contributed by atoms with Crippen LogP contribution in [0.2, 0.25) is 0 Å². The monoisotopic (exact) mass is 379 g/mol. The second kappa shape index (κ2) is 5.39. The molecular formula is C19H12BrN2O2+. The Hall–Kier alpha value is -2.79. The molecule has 0 radical (unpaired) electrons. The Morgan fingerprint density at radius 2 is 1.38 bits per heavy atom.